The predicted molar refractivity (Wildman–Crippen MR) is 155 cm³/mol. The molecule has 2 fully saturated rings. The first kappa shape index (κ1) is 29.1. The average Bonchev–Trinajstić information content (AvgIpc) is 3.48. The molecule has 2 saturated heterocycles. The molecule has 2 atom stereocenters. The van der Waals surface area contributed by atoms with Crippen LogP contribution in [0.5, 0.6) is 0 Å². The number of alkyl halides is 3. The Morgan fingerprint density at radius 1 is 0.905 bits per heavy atom. The van der Waals surface area contributed by atoms with Crippen LogP contribution in [-0.4, -0.2) is 43.8 Å². The first-order chi connectivity index (χ1) is 19.8. The van der Waals surface area contributed by atoms with Gasteiger partial charge in [-0.2, -0.15) is 17.5 Å². The summed E-state index contributed by atoms with van der Waals surface area (Å²) in [6.45, 7) is 0.767. The Hall–Kier alpha value is -2.96. The summed E-state index contributed by atoms with van der Waals surface area (Å²) in [6, 6.07) is 13.8. The molecule has 1 aromatic heterocycles. The maximum absolute atomic E-state index is 13.7. The number of anilines is 2. The van der Waals surface area contributed by atoms with Gasteiger partial charge in [-0.05, 0) is 61.4 Å². The van der Waals surface area contributed by atoms with E-state index < -0.39 is 32.7 Å². The Balaban J connectivity index is 1.26. The molecule has 14 heteroatoms. The Morgan fingerprint density at radius 2 is 1.55 bits per heavy atom. The van der Waals surface area contributed by atoms with Gasteiger partial charge in [-0.3, -0.25) is 4.79 Å². The van der Waals surface area contributed by atoms with Crippen molar-refractivity contribution in [1.29, 1.82) is 0 Å². The second-order valence-electron chi connectivity index (χ2n) is 10.1. The van der Waals surface area contributed by atoms with Crippen LogP contribution < -0.4 is 10.2 Å². The van der Waals surface area contributed by atoms with Crippen molar-refractivity contribution in [2.45, 2.75) is 36.0 Å². The molecule has 0 unspecified atom stereocenters. The number of amides is 1. The highest BCUT2D eigenvalue weighted by atomic mass is 35.5. The Bertz CT molecular complexity index is 1800. The average molecular weight is 659 g/mol. The Kier molecular flexibility index (Phi) is 7.38. The third kappa shape index (κ3) is 5.11. The van der Waals surface area contributed by atoms with Crippen molar-refractivity contribution in [2.75, 3.05) is 23.3 Å². The number of rotatable bonds is 5. The molecule has 0 saturated carbocycles. The summed E-state index contributed by atoms with van der Waals surface area (Å²) in [5.41, 5.74) is -0.0211. The largest absolute Gasteiger partial charge is 0.451 e. The smallest absolute Gasteiger partial charge is 0.417 e. The molecule has 220 valence electrons. The van der Waals surface area contributed by atoms with Crippen LogP contribution in [0.2, 0.25) is 15.1 Å². The molecule has 1 amide bonds. The number of carbonyl (C=O) groups excluding carboxylic acids is 1. The zero-order valence-corrected chi connectivity index (χ0v) is 24.5. The molecular weight excluding hydrogens is 638 g/mol. The molecular formula is C28H21Cl3F3N3O4S. The molecule has 1 N–H and O–H groups in total. The van der Waals surface area contributed by atoms with Crippen LogP contribution in [0.4, 0.5) is 24.5 Å². The second-order valence-corrected chi connectivity index (χ2v) is 13.1. The fourth-order valence-corrected chi connectivity index (χ4v) is 8.91. The van der Waals surface area contributed by atoms with Crippen LogP contribution in [0.25, 0.3) is 11.0 Å². The van der Waals surface area contributed by atoms with Gasteiger partial charge in [0, 0.05) is 41.9 Å². The SMILES string of the molecule is O=C(Nc1ccc(Cl)c(C(F)(F)F)c1)c1cc2c(N3C[C@H]4CC[C@@H](C3)N4S(=O)(=O)c3c(Cl)cccc3Cl)cccc2o1. The normalized spacial score (nSPS) is 19.4. The zero-order chi connectivity index (χ0) is 30.0. The number of benzene rings is 3. The van der Waals surface area contributed by atoms with Gasteiger partial charge in [0.2, 0.25) is 10.0 Å². The number of piperazine rings is 1. The van der Waals surface area contributed by atoms with Crippen molar-refractivity contribution in [2.24, 2.45) is 0 Å². The lowest BCUT2D eigenvalue weighted by Crippen LogP contribution is -2.55. The molecule has 2 aliphatic heterocycles. The highest BCUT2D eigenvalue weighted by Crippen LogP contribution is 2.42. The quantitative estimate of drug-likeness (QED) is 0.238. The number of fused-ring (bicyclic) bond motifs is 3. The molecule has 6 rings (SSSR count). The van der Waals surface area contributed by atoms with Crippen LogP contribution in [0, 0.1) is 0 Å². The second kappa shape index (κ2) is 10.6. The maximum Gasteiger partial charge on any atom is 0.417 e. The molecule has 42 heavy (non-hydrogen) atoms. The van der Waals surface area contributed by atoms with E-state index in [0.717, 1.165) is 17.8 Å². The van der Waals surface area contributed by atoms with Crippen molar-refractivity contribution in [3.63, 3.8) is 0 Å². The van der Waals surface area contributed by atoms with Crippen LogP contribution in [0.3, 0.4) is 0 Å². The van der Waals surface area contributed by atoms with Crippen molar-refractivity contribution >= 4 is 73.1 Å². The Morgan fingerprint density at radius 3 is 2.19 bits per heavy atom. The summed E-state index contributed by atoms with van der Waals surface area (Å²) in [5, 5.41) is 2.68. The number of furan rings is 1. The Labute approximate surface area is 253 Å². The number of carbonyl (C=O) groups is 1. The van der Waals surface area contributed by atoms with E-state index in [1.165, 1.54) is 28.6 Å². The van der Waals surface area contributed by atoms with Gasteiger partial charge >= 0.3 is 6.18 Å². The highest BCUT2D eigenvalue weighted by Gasteiger charge is 2.48. The fourth-order valence-electron chi connectivity index (χ4n) is 5.73. The lowest BCUT2D eigenvalue weighted by molar-refractivity contribution is -0.137. The van der Waals surface area contributed by atoms with Crippen molar-refractivity contribution in [3.05, 3.63) is 87.1 Å². The molecule has 3 heterocycles. The standard InChI is InChI=1S/C28H21Cl3F3N3O4S/c29-20-10-7-15(11-19(20)28(32,33)34)35-27(38)25-12-18-23(5-2-6-24(18)41-25)36-13-16-8-9-17(14-36)37(16)42(39,40)26-21(30)3-1-4-22(26)31/h1-7,10-12,16-17H,8-9,13-14H2,(H,35,38)/t16-,17+. The first-order valence-electron chi connectivity index (χ1n) is 12.8. The van der Waals surface area contributed by atoms with Gasteiger partial charge in [-0.1, -0.05) is 46.9 Å². The zero-order valence-electron chi connectivity index (χ0n) is 21.5. The van der Waals surface area contributed by atoms with E-state index in [1.54, 1.807) is 18.2 Å². The van der Waals surface area contributed by atoms with Crippen LogP contribution in [-0.2, 0) is 16.2 Å². The number of nitrogens with one attached hydrogen (secondary N) is 1. The number of hydrogen-bond acceptors (Lipinski definition) is 5. The summed E-state index contributed by atoms with van der Waals surface area (Å²) < 4.78 is 74.4. The van der Waals surface area contributed by atoms with Gasteiger partial charge in [-0.15, -0.1) is 0 Å². The van der Waals surface area contributed by atoms with Gasteiger partial charge in [0.05, 0.1) is 20.6 Å². The van der Waals surface area contributed by atoms with Crippen LogP contribution in [0.1, 0.15) is 29.0 Å². The number of halogens is 6. The molecule has 0 aliphatic carbocycles. The fraction of sp³-hybridized carbons (Fsp3) is 0.250. The maximum atomic E-state index is 13.7. The van der Waals surface area contributed by atoms with Crippen molar-refractivity contribution in [3.8, 4) is 0 Å². The lowest BCUT2D eigenvalue weighted by Gasteiger charge is -2.41. The van der Waals surface area contributed by atoms with Gasteiger partial charge in [0.25, 0.3) is 5.91 Å². The van der Waals surface area contributed by atoms with E-state index in [-0.39, 0.29) is 38.5 Å². The minimum Gasteiger partial charge on any atom is -0.451 e. The predicted octanol–water partition coefficient (Wildman–Crippen LogP) is 7.71. The summed E-state index contributed by atoms with van der Waals surface area (Å²) in [6.07, 6.45) is -3.38. The third-order valence-electron chi connectivity index (χ3n) is 7.50. The first-order valence-corrected chi connectivity index (χ1v) is 15.3. The van der Waals surface area contributed by atoms with Gasteiger partial charge in [0.15, 0.2) is 5.76 Å². The highest BCUT2D eigenvalue weighted by molar-refractivity contribution is 7.89. The number of nitrogens with zero attached hydrogens (tertiary/aromatic N) is 2. The van der Waals surface area contributed by atoms with Crippen LogP contribution in [0.15, 0.2) is 70.0 Å². The lowest BCUT2D eigenvalue weighted by atomic mass is 10.1. The molecule has 0 radical (unpaired) electrons. The van der Waals surface area contributed by atoms with Crippen molar-refractivity contribution in [1.82, 2.24) is 4.31 Å². The topological polar surface area (TPSA) is 82.9 Å². The summed E-state index contributed by atoms with van der Waals surface area (Å²) in [7, 11) is -3.97. The van der Waals surface area contributed by atoms with Gasteiger partial charge in [-0.25, -0.2) is 8.42 Å². The monoisotopic (exact) mass is 657 g/mol. The van der Waals surface area contributed by atoms with E-state index in [9.17, 15) is 26.4 Å². The molecule has 3 aromatic carbocycles. The molecule has 2 aliphatic rings. The molecule has 7 nitrogen and oxygen atoms in total. The number of sulfonamides is 1. The minimum atomic E-state index is -4.69. The van der Waals surface area contributed by atoms with E-state index in [1.807, 2.05) is 6.07 Å². The molecule has 2 bridgehead atoms. The van der Waals surface area contributed by atoms with Crippen LogP contribution >= 0.6 is 34.8 Å². The third-order valence-corrected chi connectivity index (χ3v) is 10.8. The summed E-state index contributed by atoms with van der Waals surface area (Å²) >= 11 is 18.2. The van der Waals surface area contributed by atoms with E-state index in [2.05, 4.69) is 10.2 Å². The van der Waals surface area contributed by atoms with E-state index in [0.29, 0.717) is 36.9 Å². The van der Waals surface area contributed by atoms with E-state index >= 15 is 0 Å². The van der Waals surface area contributed by atoms with Gasteiger partial charge in [0.1, 0.15) is 10.5 Å². The van der Waals surface area contributed by atoms with Gasteiger partial charge < -0.3 is 14.6 Å². The van der Waals surface area contributed by atoms with Crippen molar-refractivity contribution < 1.29 is 30.8 Å². The van der Waals surface area contributed by atoms with E-state index in [4.69, 9.17) is 39.2 Å². The summed E-state index contributed by atoms with van der Waals surface area (Å²) in [5.74, 6) is -0.835. The molecule has 0 spiro atoms. The minimum absolute atomic E-state index is 0.0616. The number of hydrogen-bond donors (Lipinski definition) is 1. The molecule has 4 aromatic rings. The summed E-state index contributed by atoms with van der Waals surface area (Å²) in [4.78, 5) is 14.9.